The first-order valence-corrected chi connectivity index (χ1v) is 7.62. The number of sulfonamides is 1. The van der Waals surface area contributed by atoms with E-state index in [1.807, 2.05) is 6.07 Å². The van der Waals surface area contributed by atoms with Gasteiger partial charge in [0.05, 0.1) is 28.0 Å². The Morgan fingerprint density at radius 2 is 1.86 bits per heavy atom. The van der Waals surface area contributed by atoms with Gasteiger partial charge < -0.3 is 5.43 Å². The SMILES string of the molecule is N#Cc1ccc(NS(=O)(=O)c2ccccc2NN)c(Cl)c1. The molecule has 0 heterocycles. The Kier molecular flexibility index (Phi) is 4.33. The second-order valence-electron chi connectivity index (χ2n) is 4.05. The summed E-state index contributed by atoms with van der Waals surface area (Å²) in [4.78, 5) is -0.00655. The number of nitrogens with two attached hydrogens (primary N) is 1. The number of anilines is 2. The van der Waals surface area contributed by atoms with Crippen LogP contribution in [0.25, 0.3) is 0 Å². The molecule has 0 atom stereocenters. The quantitative estimate of drug-likeness (QED) is 0.591. The highest BCUT2D eigenvalue weighted by Gasteiger charge is 2.19. The lowest BCUT2D eigenvalue weighted by Crippen LogP contribution is -2.17. The molecule has 4 N–H and O–H groups in total. The summed E-state index contributed by atoms with van der Waals surface area (Å²) in [6.07, 6.45) is 0. The van der Waals surface area contributed by atoms with E-state index in [0.717, 1.165) is 0 Å². The minimum Gasteiger partial charge on any atom is -0.323 e. The third kappa shape index (κ3) is 3.25. The van der Waals surface area contributed by atoms with Crippen LogP contribution in [0.4, 0.5) is 11.4 Å². The van der Waals surface area contributed by atoms with Gasteiger partial charge in [-0.05, 0) is 30.3 Å². The van der Waals surface area contributed by atoms with Gasteiger partial charge in [0.15, 0.2) is 0 Å². The zero-order chi connectivity index (χ0) is 15.5. The Labute approximate surface area is 127 Å². The summed E-state index contributed by atoms with van der Waals surface area (Å²) in [6.45, 7) is 0. The van der Waals surface area contributed by atoms with Crippen molar-refractivity contribution in [2.24, 2.45) is 5.84 Å². The molecule has 0 amide bonds. The Morgan fingerprint density at radius 3 is 2.48 bits per heavy atom. The fraction of sp³-hybridized carbons (Fsp3) is 0. The maximum atomic E-state index is 12.4. The number of benzene rings is 2. The van der Waals surface area contributed by atoms with Crippen molar-refractivity contribution >= 4 is 33.0 Å². The van der Waals surface area contributed by atoms with E-state index in [1.165, 1.54) is 30.3 Å². The van der Waals surface area contributed by atoms with Crippen LogP contribution < -0.4 is 16.0 Å². The summed E-state index contributed by atoms with van der Waals surface area (Å²) in [6, 6.07) is 12.4. The molecule has 2 aromatic rings. The zero-order valence-electron chi connectivity index (χ0n) is 10.7. The van der Waals surface area contributed by atoms with Crippen LogP contribution >= 0.6 is 11.6 Å². The molecule has 0 aliphatic carbocycles. The average molecular weight is 323 g/mol. The number of hydrazine groups is 1. The fourth-order valence-electron chi connectivity index (χ4n) is 1.69. The van der Waals surface area contributed by atoms with Crippen LogP contribution in [0.15, 0.2) is 47.4 Å². The molecule has 0 unspecified atom stereocenters. The highest BCUT2D eigenvalue weighted by atomic mass is 35.5. The number of hydrogen-bond donors (Lipinski definition) is 3. The first kappa shape index (κ1) is 15.1. The van der Waals surface area contributed by atoms with Gasteiger partial charge in [-0.3, -0.25) is 10.6 Å². The van der Waals surface area contributed by atoms with E-state index in [0.29, 0.717) is 5.56 Å². The Balaban J connectivity index is 2.41. The molecule has 0 saturated heterocycles. The summed E-state index contributed by atoms with van der Waals surface area (Å²) in [7, 11) is -3.86. The van der Waals surface area contributed by atoms with Crippen molar-refractivity contribution in [1.29, 1.82) is 5.26 Å². The summed E-state index contributed by atoms with van der Waals surface area (Å²) >= 11 is 5.96. The molecule has 8 heteroatoms. The van der Waals surface area contributed by atoms with Gasteiger partial charge in [0, 0.05) is 0 Å². The maximum Gasteiger partial charge on any atom is 0.264 e. The monoisotopic (exact) mass is 322 g/mol. The smallest absolute Gasteiger partial charge is 0.264 e. The number of hydrogen-bond acceptors (Lipinski definition) is 5. The van der Waals surface area contributed by atoms with Gasteiger partial charge in [-0.15, -0.1) is 0 Å². The van der Waals surface area contributed by atoms with Gasteiger partial charge in [-0.25, -0.2) is 8.42 Å². The van der Waals surface area contributed by atoms with Gasteiger partial charge in [-0.1, -0.05) is 23.7 Å². The molecule has 0 saturated carbocycles. The minimum atomic E-state index is -3.86. The Bertz CT molecular complexity index is 815. The Morgan fingerprint density at radius 1 is 1.14 bits per heavy atom. The lowest BCUT2D eigenvalue weighted by Gasteiger charge is -2.12. The van der Waals surface area contributed by atoms with Crippen LogP contribution in [0.1, 0.15) is 5.56 Å². The van der Waals surface area contributed by atoms with E-state index in [9.17, 15) is 8.42 Å². The maximum absolute atomic E-state index is 12.4. The number of nitrogens with zero attached hydrogens (tertiary/aromatic N) is 1. The molecule has 0 fully saturated rings. The highest BCUT2D eigenvalue weighted by Crippen LogP contribution is 2.27. The predicted octanol–water partition coefficient (Wildman–Crippen LogP) is 2.30. The van der Waals surface area contributed by atoms with Crippen LogP contribution in [-0.4, -0.2) is 8.42 Å². The van der Waals surface area contributed by atoms with Crippen molar-refractivity contribution in [3.05, 3.63) is 53.1 Å². The van der Waals surface area contributed by atoms with E-state index >= 15 is 0 Å². The van der Waals surface area contributed by atoms with E-state index in [1.54, 1.807) is 12.1 Å². The van der Waals surface area contributed by atoms with Crippen LogP contribution in [0, 0.1) is 11.3 Å². The second-order valence-corrected chi connectivity index (χ2v) is 6.11. The van der Waals surface area contributed by atoms with Crippen LogP contribution in [0.5, 0.6) is 0 Å². The van der Waals surface area contributed by atoms with Gasteiger partial charge in [0.1, 0.15) is 4.90 Å². The standard InChI is InChI=1S/C13H11ClN4O2S/c14-10-7-9(8-15)5-6-11(10)18-21(19,20)13-4-2-1-3-12(13)17-16/h1-7,17-18H,16H2. The zero-order valence-corrected chi connectivity index (χ0v) is 12.2. The predicted molar refractivity (Wildman–Crippen MR) is 81.2 cm³/mol. The highest BCUT2D eigenvalue weighted by molar-refractivity contribution is 7.92. The van der Waals surface area contributed by atoms with Crippen molar-refractivity contribution in [2.45, 2.75) is 4.90 Å². The summed E-state index contributed by atoms with van der Waals surface area (Å²) in [5.74, 6) is 5.30. The van der Waals surface area contributed by atoms with Crippen LogP contribution in [-0.2, 0) is 10.0 Å². The van der Waals surface area contributed by atoms with Crippen molar-refractivity contribution < 1.29 is 8.42 Å². The van der Waals surface area contributed by atoms with Gasteiger partial charge >= 0.3 is 0 Å². The lowest BCUT2D eigenvalue weighted by atomic mass is 10.2. The van der Waals surface area contributed by atoms with E-state index in [2.05, 4.69) is 10.1 Å². The first-order chi connectivity index (χ1) is 9.97. The number of nitrogen functional groups attached to an aromatic ring is 1. The second kappa shape index (κ2) is 6.01. The van der Waals surface area contributed by atoms with E-state index < -0.39 is 10.0 Å². The third-order valence-corrected chi connectivity index (χ3v) is 4.41. The molecule has 0 aromatic heterocycles. The van der Waals surface area contributed by atoms with Crippen LogP contribution in [0.3, 0.4) is 0 Å². The number of para-hydroxylation sites is 1. The molecule has 6 nitrogen and oxygen atoms in total. The Hall–Kier alpha value is -2.27. The van der Waals surface area contributed by atoms with Crippen molar-refractivity contribution in [2.75, 3.05) is 10.1 Å². The molecule has 108 valence electrons. The molecule has 2 rings (SSSR count). The van der Waals surface area contributed by atoms with Gasteiger partial charge in [0.2, 0.25) is 0 Å². The molecule has 0 bridgehead atoms. The minimum absolute atomic E-state index is 0.00655. The normalized spacial score (nSPS) is 10.7. The molecule has 0 aliphatic rings. The lowest BCUT2D eigenvalue weighted by molar-refractivity contribution is 0.601. The summed E-state index contributed by atoms with van der Waals surface area (Å²) in [5.41, 5.74) is 3.11. The molecule has 0 radical (unpaired) electrons. The molecular weight excluding hydrogens is 312 g/mol. The molecular formula is C13H11ClN4O2S. The number of rotatable bonds is 4. The summed E-state index contributed by atoms with van der Waals surface area (Å²) in [5, 5.41) is 8.90. The molecule has 0 spiro atoms. The molecule has 0 aliphatic heterocycles. The summed E-state index contributed by atoms with van der Waals surface area (Å²) < 4.78 is 27.1. The van der Waals surface area contributed by atoms with E-state index in [4.69, 9.17) is 22.7 Å². The van der Waals surface area contributed by atoms with Crippen molar-refractivity contribution in [3.8, 4) is 6.07 Å². The van der Waals surface area contributed by atoms with E-state index in [-0.39, 0.29) is 21.3 Å². The van der Waals surface area contributed by atoms with Gasteiger partial charge in [0.25, 0.3) is 10.0 Å². The molecule has 21 heavy (non-hydrogen) atoms. The van der Waals surface area contributed by atoms with Gasteiger partial charge in [-0.2, -0.15) is 5.26 Å². The fourth-order valence-corrected chi connectivity index (χ4v) is 3.22. The van der Waals surface area contributed by atoms with Crippen molar-refractivity contribution in [3.63, 3.8) is 0 Å². The number of nitrogens with one attached hydrogen (secondary N) is 2. The van der Waals surface area contributed by atoms with Crippen molar-refractivity contribution in [1.82, 2.24) is 0 Å². The third-order valence-electron chi connectivity index (χ3n) is 2.67. The molecule has 2 aromatic carbocycles. The average Bonchev–Trinajstić information content (AvgIpc) is 2.49. The number of nitriles is 1. The van der Waals surface area contributed by atoms with Crippen LogP contribution in [0.2, 0.25) is 5.02 Å². The first-order valence-electron chi connectivity index (χ1n) is 5.76. The largest absolute Gasteiger partial charge is 0.323 e. The number of halogens is 1. The topological polar surface area (TPSA) is 108 Å².